The molecule has 2 N–H and O–H groups in total. The second-order valence-corrected chi connectivity index (χ2v) is 5.65. The molecule has 19 heavy (non-hydrogen) atoms. The third-order valence-electron chi connectivity index (χ3n) is 2.58. The molecule has 5 nitrogen and oxygen atoms in total. The molecule has 1 heterocycles. The highest BCUT2D eigenvalue weighted by Gasteiger charge is 2.27. The number of nitrogen functional groups attached to an aromatic ring is 1. The number of nitrogens with two attached hydrogens (primary N) is 1. The van der Waals surface area contributed by atoms with E-state index < -0.39 is 5.41 Å². The van der Waals surface area contributed by atoms with Crippen LogP contribution in [-0.4, -0.2) is 20.7 Å². The van der Waals surface area contributed by atoms with Crippen LogP contribution in [0.5, 0.6) is 0 Å². The molecular formula is C13H15ClN4O. The van der Waals surface area contributed by atoms with Crippen molar-refractivity contribution < 1.29 is 4.79 Å². The van der Waals surface area contributed by atoms with E-state index in [2.05, 4.69) is 10.1 Å². The quantitative estimate of drug-likeness (QED) is 0.870. The molecule has 0 unspecified atom stereocenters. The fraction of sp³-hybridized carbons (Fsp3) is 0.308. The summed E-state index contributed by atoms with van der Waals surface area (Å²) in [6.45, 7) is 5.39. The van der Waals surface area contributed by atoms with E-state index in [4.69, 9.17) is 17.3 Å². The summed E-state index contributed by atoms with van der Waals surface area (Å²) in [5, 5.41) is 4.67. The normalized spacial score (nSPS) is 11.6. The number of halogens is 1. The summed E-state index contributed by atoms with van der Waals surface area (Å²) in [5.74, 6) is 0.200. The topological polar surface area (TPSA) is 73.8 Å². The Labute approximate surface area is 116 Å². The Morgan fingerprint density at radius 3 is 2.53 bits per heavy atom. The summed E-state index contributed by atoms with van der Waals surface area (Å²) in [4.78, 5) is 16.3. The first kappa shape index (κ1) is 13.5. The highest BCUT2D eigenvalue weighted by Crippen LogP contribution is 2.26. The Morgan fingerprint density at radius 2 is 1.95 bits per heavy atom. The maximum atomic E-state index is 12.2. The molecule has 0 spiro atoms. The zero-order valence-electron chi connectivity index (χ0n) is 11.0. The van der Waals surface area contributed by atoms with E-state index in [9.17, 15) is 4.79 Å². The molecule has 1 aromatic carbocycles. The lowest BCUT2D eigenvalue weighted by Gasteiger charge is -2.15. The van der Waals surface area contributed by atoms with Crippen LogP contribution in [-0.2, 0) is 0 Å². The molecule has 0 aliphatic rings. The van der Waals surface area contributed by atoms with E-state index in [-0.39, 0.29) is 11.9 Å². The molecule has 0 fully saturated rings. The van der Waals surface area contributed by atoms with Gasteiger partial charge in [0.2, 0.25) is 5.95 Å². The smallest absolute Gasteiger partial charge is 0.255 e. The molecule has 0 aliphatic carbocycles. The lowest BCUT2D eigenvalue weighted by atomic mass is 9.96. The van der Waals surface area contributed by atoms with Gasteiger partial charge in [-0.3, -0.25) is 4.79 Å². The average Bonchev–Trinajstić information content (AvgIpc) is 2.69. The molecule has 100 valence electrons. The standard InChI is InChI=1S/C13H15ClN4O/c1-13(2,3)11(19)18-12(15)16-10(17-18)8-6-4-5-7-9(8)14/h4-7H,1-3H3,(H2,15,16,17). The summed E-state index contributed by atoms with van der Waals surface area (Å²) >= 11 is 6.07. The number of aromatic nitrogens is 3. The summed E-state index contributed by atoms with van der Waals surface area (Å²) < 4.78 is 1.12. The van der Waals surface area contributed by atoms with Gasteiger partial charge in [-0.2, -0.15) is 9.67 Å². The molecular weight excluding hydrogens is 264 g/mol. The Morgan fingerprint density at radius 1 is 1.32 bits per heavy atom. The third-order valence-corrected chi connectivity index (χ3v) is 2.91. The summed E-state index contributed by atoms with van der Waals surface area (Å²) in [7, 11) is 0. The van der Waals surface area contributed by atoms with Gasteiger partial charge in [0.15, 0.2) is 5.82 Å². The van der Waals surface area contributed by atoms with Crippen LogP contribution in [0.3, 0.4) is 0 Å². The number of nitrogens with zero attached hydrogens (tertiary/aromatic N) is 3. The fourth-order valence-electron chi connectivity index (χ4n) is 1.55. The summed E-state index contributed by atoms with van der Waals surface area (Å²) in [6.07, 6.45) is 0. The van der Waals surface area contributed by atoms with E-state index in [0.717, 1.165) is 4.68 Å². The molecule has 6 heteroatoms. The van der Waals surface area contributed by atoms with Crippen LogP contribution >= 0.6 is 11.6 Å². The van der Waals surface area contributed by atoms with E-state index in [1.807, 2.05) is 12.1 Å². The van der Waals surface area contributed by atoms with Crippen LogP contribution in [0.2, 0.25) is 5.02 Å². The Kier molecular flexibility index (Phi) is 3.32. The Balaban J connectivity index is 2.48. The number of rotatable bonds is 1. The van der Waals surface area contributed by atoms with E-state index in [1.165, 1.54) is 0 Å². The predicted octanol–water partition coefficient (Wildman–Crippen LogP) is 2.87. The van der Waals surface area contributed by atoms with Gasteiger partial charge in [-0.15, -0.1) is 5.10 Å². The van der Waals surface area contributed by atoms with Crippen molar-refractivity contribution in [2.45, 2.75) is 20.8 Å². The minimum atomic E-state index is -0.584. The predicted molar refractivity (Wildman–Crippen MR) is 75.0 cm³/mol. The van der Waals surface area contributed by atoms with Gasteiger partial charge >= 0.3 is 0 Å². The van der Waals surface area contributed by atoms with E-state index in [1.54, 1.807) is 32.9 Å². The van der Waals surface area contributed by atoms with Gasteiger partial charge in [-0.25, -0.2) is 0 Å². The number of anilines is 1. The van der Waals surface area contributed by atoms with Crippen molar-refractivity contribution in [2.24, 2.45) is 5.41 Å². The molecule has 0 atom stereocenters. The molecule has 2 aromatic rings. The van der Waals surface area contributed by atoms with E-state index >= 15 is 0 Å². The third kappa shape index (κ3) is 2.61. The summed E-state index contributed by atoms with van der Waals surface area (Å²) in [5.41, 5.74) is 5.82. The first-order valence-corrected chi connectivity index (χ1v) is 6.21. The van der Waals surface area contributed by atoms with Crippen LogP contribution in [0.1, 0.15) is 25.6 Å². The molecule has 0 saturated carbocycles. The van der Waals surface area contributed by atoms with Crippen molar-refractivity contribution in [2.75, 3.05) is 5.73 Å². The molecule has 0 saturated heterocycles. The molecule has 0 radical (unpaired) electrons. The van der Waals surface area contributed by atoms with Crippen LogP contribution in [0.15, 0.2) is 24.3 Å². The average molecular weight is 279 g/mol. The van der Waals surface area contributed by atoms with Crippen molar-refractivity contribution >= 4 is 23.5 Å². The zero-order chi connectivity index (χ0) is 14.2. The number of benzene rings is 1. The number of carbonyl (C=O) groups is 1. The number of hydrogen-bond acceptors (Lipinski definition) is 4. The van der Waals surface area contributed by atoms with Gasteiger partial charge in [0, 0.05) is 11.0 Å². The largest absolute Gasteiger partial charge is 0.368 e. The Bertz CT molecular complexity index is 628. The van der Waals surface area contributed by atoms with Crippen molar-refractivity contribution in [3.8, 4) is 11.4 Å². The highest BCUT2D eigenvalue weighted by molar-refractivity contribution is 6.33. The molecule has 2 rings (SSSR count). The van der Waals surface area contributed by atoms with Gasteiger partial charge in [-0.05, 0) is 12.1 Å². The molecule has 0 bridgehead atoms. The maximum Gasteiger partial charge on any atom is 0.255 e. The summed E-state index contributed by atoms with van der Waals surface area (Å²) in [6, 6.07) is 7.15. The van der Waals surface area contributed by atoms with Crippen LogP contribution < -0.4 is 5.73 Å². The van der Waals surface area contributed by atoms with Crippen LogP contribution in [0.4, 0.5) is 5.95 Å². The first-order valence-electron chi connectivity index (χ1n) is 5.83. The number of carbonyl (C=O) groups excluding carboxylic acids is 1. The SMILES string of the molecule is CC(C)(C)C(=O)n1nc(-c2ccccc2Cl)nc1N. The van der Waals surface area contributed by atoms with Gasteiger partial charge in [-0.1, -0.05) is 44.5 Å². The Hall–Kier alpha value is -1.88. The maximum absolute atomic E-state index is 12.2. The van der Waals surface area contributed by atoms with Crippen molar-refractivity contribution in [3.63, 3.8) is 0 Å². The van der Waals surface area contributed by atoms with Gasteiger partial charge in [0.05, 0.1) is 5.02 Å². The minimum Gasteiger partial charge on any atom is -0.368 e. The first-order chi connectivity index (χ1) is 8.80. The van der Waals surface area contributed by atoms with Crippen molar-refractivity contribution in [1.29, 1.82) is 0 Å². The van der Waals surface area contributed by atoms with Gasteiger partial charge in [0.1, 0.15) is 0 Å². The monoisotopic (exact) mass is 278 g/mol. The number of hydrogen-bond donors (Lipinski definition) is 1. The molecule has 0 amide bonds. The van der Waals surface area contributed by atoms with Gasteiger partial charge in [0.25, 0.3) is 5.91 Å². The molecule has 0 aliphatic heterocycles. The van der Waals surface area contributed by atoms with Crippen LogP contribution in [0.25, 0.3) is 11.4 Å². The zero-order valence-corrected chi connectivity index (χ0v) is 11.8. The minimum absolute atomic E-state index is 0.0647. The fourth-order valence-corrected chi connectivity index (χ4v) is 1.77. The second-order valence-electron chi connectivity index (χ2n) is 5.24. The lowest BCUT2D eigenvalue weighted by molar-refractivity contribution is 0.0752. The molecule has 1 aromatic heterocycles. The van der Waals surface area contributed by atoms with Crippen LogP contribution in [0, 0.1) is 5.41 Å². The van der Waals surface area contributed by atoms with Gasteiger partial charge < -0.3 is 5.73 Å². The highest BCUT2D eigenvalue weighted by atomic mass is 35.5. The lowest BCUT2D eigenvalue weighted by Crippen LogP contribution is -2.28. The second kappa shape index (κ2) is 4.66. The van der Waals surface area contributed by atoms with Crippen molar-refractivity contribution in [3.05, 3.63) is 29.3 Å². The van der Waals surface area contributed by atoms with Crippen molar-refractivity contribution in [1.82, 2.24) is 14.8 Å². The van der Waals surface area contributed by atoms with E-state index in [0.29, 0.717) is 16.4 Å².